The van der Waals surface area contributed by atoms with Crippen molar-refractivity contribution in [3.05, 3.63) is 29.8 Å². The lowest BCUT2D eigenvalue weighted by Crippen LogP contribution is -2.37. The highest BCUT2D eigenvalue weighted by Gasteiger charge is 2.09. The van der Waals surface area contributed by atoms with Crippen LogP contribution in [-0.4, -0.2) is 31.6 Å². The summed E-state index contributed by atoms with van der Waals surface area (Å²) in [7, 11) is 0. The number of rotatable bonds is 8. The van der Waals surface area contributed by atoms with E-state index >= 15 is 0 Å². The molecule has 4 nitrogen and oxygen atoms in total. The average Bonchev–Trinajstić information content (AvgIpc) is 2.43. The van der Waals surface area contributed by atoms with Gasteiger partial charge in [-0.25, -0.2) is 0 Å². The number of nitrogens with zero attached hydrogens (tertiary/aromatic N) is 1. The van der Waals surface area contributed by atoms with E-state index in [1.165, 1.54) is 5.56 Å². The van der Waals surface area contributed by atoms with Crippen LogP contribution in [0.1, 0.15) is 33.3 Å². The Kier molecular flexibility index (Phi) is 7.09. The quantitative estimate of drug-likeness (QED) is 0.765. The van der Waals surface area contributed by atoms with Gasteiger partial charge < -0.3 is 15.5 Å². The third-order valence-electron chi connectivity index (χ3n) is 3.11. The van der Waals surface area contributed by atoms with Gasteiger partial charge in [-0.05, 0) is 31.5 Å². The number of benzene rings is 1. The van der Waals surface area contributed by atoms with E-state index < -0.39 is 0 Å². The van der Waals surface area contributed by atoms with Gasteiger partial charge in [0.15, 0.2) is 0 Å². The zero-order valence-electron chi connectivity index (χ0n) is 13.1. The average molecular weight is 277 g/mol. The predicted octanol–water partition coefficient (Wildman–Crippen LogP) is 2.15. The van der Waals surface area contributed by atoms with Crippen molar-refractivity contribution < 1.29 is 4.79 Å². The molecule has 0 atom stereocenters. The minimum absolute atomic E-state index is 0.0694. The van der Waals surface area contributed by atoms with Crippen LogP contribution in [0.25, 0.3) is 0 Å². The summed E-state index contributed by atoms with van der Waals surface area (Å²) in [5.41, 5.74) is 2.35. The summed E-state index contributed by atoms with van der Waals surface area (Å²) >= 11 is 0. The van der Waals surface area contributed by atoms with E-state index in [4.69, 9.17) is 0 Å². The molecule has 0 spiro atoms. The molecular formula is C16H27N3O. The van der Waals surface area contributed by atoms with Crippen molar-refractivity contribution in [2.75, 3.05) is 24.5 Å². The molecule has 2 N–H and O–H groups in total. The predicted molar refractivity (Wildman–Crippen MR) is 85.0 cm³/mol. The molecule has 20 heavy (non-hydrogen) atoms. The normalized spacial score (nSPS) is 10.7. The van der Waals surface area contributed by atoms with Gasteiger partial charge >= 0.3 is 0 Å². The molecule has 0 heterocycles. The summed E-state index contributed by atoms with van der Waals surface area (Å²) in [4.78, 5) is 13.7. The van der Waals surface area contributed by atoms with Crippen molar-refractivity contribution in [2.45, 2.75) is 40.3 Å². The lowest BCUT2D eigenvalue weighted by atomic mass is 10.2. The number of carbonyl (C=O) groups excluding carboxylic acids is 1. The summed E-state index contributed by atoms with van der Waals surface area (Å²) in [6.45, 7) is 11.1. The highest BCUT2D eigenvalue weighted by atomic mass is 16.2. The summed E-state index contributed by atoms with van der Waals surface area (Å²) in [6.07, 6.45) is 0. The lowest BCUT2D eigenvalue weighted by Gasteiger charge is -2.22. The highest BCUT2D eigenvalue weighted by molar-refractivity contribution is 5.81. The Labute approximate surface area is 122 Å². The molecule has 1 aromatic carbocycles. The van der Waals surface area contributed by atoms with E-state index in [1.807, 2.05) is 6.92 Å². The van der Waals surface area contributed by atoms with Gasteiger partial charge in [0.05, 0.1) is 6.54 Å². The first-order valence-electron chi connectivity index (χ1n) is 7.40. The number of carbonyl (C=O) groups is 1. The number of hydrogen-bond donors (Lipinski definition) is 2. The maximum absolute atomic E-state index is 11.7. The van der Waals surface area contributed by atoms with Crippen LogP contribution in [0.3, 0.4) is 0 Å². The minimum Gasteiger partial charge on any atom is -0.363 e. The van der Waals surface area contributed by atoms with Crippen LogP contribution in [-0.2, 0) is 11.3 Å². The fourth-order valence-corrected chi connectivity index (χ4v) is 1.96. The molecule has 4 heteroatoms. The van der Waals surface area contributed by atoms with Crippen molar-refractivity contribution in [2.24, 2.45) is 0 Å². The Morgan fingerprint density at radius 2 is 1.85 bits per heavy atom. The Bertz CT molecular complexity index is 401. The van der Waals surface area contributed by atoms with Gasteiger partial charge in [-0.2, -0.15) is 0 Å². The van der Waals surface area contributed by atoms with Crippen LogP contribution in [0.4, 0.5) is 5.69 Å². The van der Waals surface area contributed by atoms with E-state index in [1.54, 1.807) is 0 Å². The van der Waals surface area contributed by atoms with Gasteiger partial charge in [0.2, 0.25) is 5.91 Å². The topological polar surface area (TPSA) is 44.4 Å². The van der Waals surface area contributed by atoms with Gasteiger partial charge in [-0.15, -0.1) is 0 Å². The molecule has 0 fully saturated rings. The van der Waals surface area contributed by atoms with E-state index in [9.17, 15) is 4.79 Å². The third kappa shape index (κ3) is 5.61. The number of anilines is 1. The molecular weight excluding hydrogens is 250 g/mol. The maximum atomic E-state index is 11.7. The fraction of sp³-hybridized carbons (Fsp3) is 0.562. The Hall–Kier alpha value is -1.55. The number of likely N-dealkylation sites (N-methyl/N-ethyl adjacent to an activating group) is 2. The van der Waals surface area contributed by atoms with Crippen molar-refractivity contribution in [1.29, 1.82) is 0 Å². The molecule has 1 aromatic rings. The van der Waals surface area contributed by atoms with E-state index in [0.29, 0.717) is 19.1 Å². The monoisotopic (exact) mass is 277 g/mol. The zero-order valence-corrected chi connectivity index (χ0v) is 13.1. The second-order valence-electron chi connectivity index (χ2n) is 5.17. The second-order valence-corrected chi connectivity index (χ2v) is 5.17. The van der Waals surface area contributed by atoms with E-state index in [0.717, 1.165) is 18.8 Å². The first-order chi connectivity index (χ1) is 9.56. The number of hydrogen-bond acceptors (Lipinski definition) is 3. The molecule has 112 valence electrons. The van der Waals surface area contributed by atoms with Gasteiger partial charge in [0.25, 0.3) is 0 Å². The van der Waals surface area contributed by atoms with E-state index in [2.05, 4.69) is 60.6 Å². The Morgan fingerprint density at radius 3 is 2.35 bits per heavy atom. The zero-order chi connectivity index (χ0) is 15.0. The standard InChI is InChI=1S/C16H27N3O/c1-5-17-16(20)12-19(6-2)15-9-7-14(8-10-15)11-18-13(3)4/h7-10,13,18H,5-6,11-12H2,1-4H3,(H,17,20). The number of amides is 1. The molecule has 1 rings (SSSR count). The molecule has 0 aliphatic heterocycles. The summed E-state index contributed by atoms with van der Waals surface area (Å²) in [5, 5.41) is 6.23. The fourth-order valence-electron chi connectivity index (χ4n) is 1.96. The van der Waals surface area contributed by atoms with Crippen LogP contribution in [0, 0.1) is 0 Å². The molecule has 0 aliphatic rings. The number of nitrogens with one attached hydrogen (secondary N) is 2. The molecule has 0 aliphatic carbocycles. The first-order valence-corrected chi connectivity index (χ1v) is 7.40. The Morgan fingerprint density at radius 1 is 1.20 bits per heavy atom. The largest absolute Gasteiger partial charge is 0.363 e. The minimum atomic E-state index is 0.0694. The maximum Gasteiger partial charge on any atom is 0.239 e. The van der Waals surface area contributed by atoms with Crippen molar-refractivity contribution in [3.63, 3.8) is 0 Å². The van der Waals surface area contributed by atoms with Crippen LogP contribution >= 0.6 is 0 Å². The Balaban J connectivity index is 2.62. The molecule has 0 radical (unpaired) electrons. The summed E-state index contributed by atoms with van der Waals surface area (Å²) in [5.74, 6) is 0.0694. The molecule has 0 bridgehead atoms. The molecule has 0 saturated carbocycles. The third-order valence-corrected chi connectivity index (χ3v) is 3.11. The van der Waals surface area contributed by atoms with Crippen LogP contribution in [0.15, 0.2) is 24.3 Å². The second kappa shape index (κ2) is 8.59. The van der Waals surface area contributed by atoms with Crippen molar-refractivity contribution >= 4 is 11.6 Å². The molecule has 0 saturated heterocycles. The SMILES string of the molecule is CCNC(=O)CN(CC)c1ccc(CNC(C)C)cc1. The summed E-state index contributed by atoms with van der Waals surface area (Å²) in [6, 6.07) is 8.88. The smallest absolute Gasteiger partial charge is 0.239 e. The van der Waals surface area contributed by atoms with Crippen molar-refractivity contribution in [3.8, 4) is 0 Å². The van der Waals surface area contributed by atoms with E-state index in [-0.39, 0.29) is 5.91 Å². The molecule has 1 amide bonds. The van der Waals surface area contributed by atoms with Gasteiger partial charge in [-0.1, -0.05) is 26.0 Å². The first kappa shape index (κ1) is 16.5. The van der Waals surface area contributed by atoms with Gasteiger partial charge in [0, 0.05) is 31.4 Å². The molecule has 0 aromatic heterocycles. The summed E-state index contributed by atoms with van der Waals surface area (Å²) < 4.78 is 0. The highest BCUT2D eigenvalue weighted by Crippen LogP contribution is 2.15. The van der Waals surface area contributed by atoms with Gasteiger partial charge in [0.1, 0.15) is 0 Å². The van der Waals surface area contributed by atoms with Crippen LogP contribution < -0.4 is 15.5 Å². The lowest BCUT2D eigenvalue weighted by molar-refractivity contribution is -0.119. The molecule has 0 unspecified atom stereocenters. The van der Waals surface area contributed by atoms with Crippen molar-refractivity contribution in [1.82, 2.24) is 10.6 Å². The van der Waals surface area contributed by atoms with Gasteiger partial charge in [-0.3, -0.25) is 4.79 Å². The van der Waals surface area contributed by atoms with Crippen LogP contribution in [0.5, 0.6) is 0 Å². The van der Waals surface area contributed by atoms with Crippen LogP contribution in [0.2, 0.25) is 0 Å².